The molecule has 0 saturated carbocycles. The summed E-state index contributed by atoms with van der Waals surface area (Å²) in [5.74, 6) is 0. The van der Waals surface area contributed by atoms with E-state index in [0.717, 1.165) is 19.3 Å². The number of nitrogens with zero attached hydrogens (tertiary/aromatic N) is 2. The van der Waals surface area contributed by atoms with E-state index in [9.17, 15) is 0 Å². The second kappa shape index (κ2) is 10.5. The number of anilines is 1. The van der Waals surface area contributed by atoms with Crippen molar-refractivity contribution >= 4 is 38.6 Å². The predicted octanol–water partition coefficient (Wildman–Crippen LogP) is 10.7. The van der Waals surface area contributed by atoms with Gasteiger partial charge in [-0.15, -0.1) is 0 Å². The van der Waals surface area contributed by atoms with E-state index in [-0.39, 0.29) is 10.8 Å². The van der Waals surface area contributed by atoms with Crippen molar-refractivity contribution in [2.24, 2.45) is 0 Å². The Bertz CT molecular complexity index is 1990. The Morgan fingerprint density at radius 2 is 1.41 bits per heavy atom. The Morgan fingerprint density at radius 1 is 0.750 bits per heavy atom. The van der Waals surface area contributed by atoms with Crippen LogP contribution in [0.1, 0.15) is 71.4 Å². The van der Waals surface area contributed by atoms with Crippen LogP contribution >= 0.6 is 0 Å². The second-order valence-electron chi connectivity index (χ2n) is 13.9. The largest absolute Gasteiger partial charge is 0.347 e. The Balaban J connectivity index is 1.24. The number of benzene rings is 4. The maximum absolute atomic E-state index is 2.44. The molecule has 0 amide bonds. The summed E-state index contributed by atoms with van der Waals surface area (Å²) >= 11 is 0. The van der Waals surface area contributed by atoms with Crippen LogP contribution in [0.4, 0.5) is 11.4 Å². The van der Waals surface area contributed by atoms with Crippen LogP contribution in [-0.4, -0.2) is 24.4 Å². The molecule has 0 spiro atoms. The van der Waals surface area contributed by atoms with Crippen LogP contribution in [0.5, 0.6) is 0 Å². The highest BCUT2D eigenvalue weighted by Gasteiger charge is 2.44. The van der Waals surface area contributed by atoms with Crippen LogP contribution < -0.4 is 4.90 Å². The number of rotatable bonds is 4. The Labute approximate surface area is 263 Å². The van der Waals surface area contributed by atoms with Gasteiger partial charge in [0.2, 0.25) is 5.69 Å². The molecule has 0 aromatic heterocycles. The number of hydrogen-bond donors (Lipinski definition) is 0. The SMILES string of the molecule is CCC1=C(/C=C/C2=[N+](C)c3ccc4ccccc4c3C2(C)C)CCC/C1=C\C=C1\N(C)c2ccc3ccccc3c2C1(C)C. The van der Waals surface area contributed by atoms with E-state index in [0.29, 0.717) is 0 Å². The lowest BCUT2D eigenvalue weighted by Gasteiger charge is -2.25. The number of likely N-dealkylation sites (N-methyl/N-ethyl adjacent to an activating group) is 1. The van der Waals surface area contributed by atoms with Gasteiger partial charge in [-0.3, -0.25) is 0 Å². The quantitative estimate of drug-likeness (QED) is 0.219. The van der Waals surface area contributed by atoms with Crippen molar-refractivity contribution in [1.82, 2.24) is 0 Å². The molecular formula is C42H45N2+. The second-order valence-corrected chi connectivity index (χ2v) is 13.9. The third-order valence-corrected chi connectivity index (χ3v) is 10.7. The molecule has 0 saturated heterocycles. The van der Waals surface area contributed by atoms with Crippen LogP contribution in [0.15, 0.2) is 120 Å². The van der Waals surface area contributed by atoms with E-state index in [1.807, 2.05) is 0 Å². The first-order valence-electron chi connectivity index (χ1n) is 16.4. The van der Waals surface area contributed by atoms with Gasteiger partial charge in [0.15, 0.2) is 5.71 Å². The Morgan fingerprint density at radius 3 is 2.11 bits per heavy atom. The summed E-state index contributed by atoms with van der Waals surface area (Å²) in [6.07, 6.45) is 14.2. The minimum absolute atomic E-state index is 0.0655. The van der Waals surface area contributed by atoms with Crippen LogP contribution in [0.2, 0.25) is 0 Å². The summed E-state index contributed by atoms with van der Waals surface area (Å²) in [6.45, 7) is 11.9. The van der Waals surface area contributed by atoms with Crippen molar-refractivity contribution in [2.75, 3.05) is 19.0 Å². The lowest BCUT2D eigenvalue weighted by molar-refractivity contribution is -0.401. The lowest BCUT2D eigenvalue weighted by Crippen LogP contribution is -2.27. The smallest absolute Gasteiger partial charge is 0.210 e. The van der Waals surface area contributed by atoms with Gasteiger partial charge in [0.25, 0.3) is 0 Å². The van der Waals surface area contributed by atoms with Crippen LogP contribution in [0.3, 0.4) is 0 Å². The van der Waals surface area contributed by atoms with Gasteiger partial charge < -0.3 is 4.90 Å². The van der Waals surface area contributed by atoms with E-state index >= 15 is 0 Å². The molecule has 0 N–H and O–H groups in total. The first-order chi connectivity index (χ1) is 21.1. The molecule has 222 valence electrons. The molecule has 0 radical (unpaired) electrons. The highest BCUT2D eigenvalue weighted by atomic mass is 15.2. The van der Waals surface area contributed by atoms with Crippen molar-refractivity contribution in [3.8, 4) is 0 Å². The number of allylic oxidation sites excluding steroid dienone is 8. The summed E-state index contributed by atoms with van der Waals surface area (Å²) in [4.78, 5) is 2.41. The highest BCUT2D eigenvalue weighted by Crippen LogP contribution is 2.50. The fraction of sp³-hybridized carbons (Fsp3) is 0.310. The molecule has 44 heavy (non-hydrogen) atoms. The third-order valence-electron chi connectivity index (χ3n) is 10.7. The van der Waals surface area contributed by atoms with Gasteiger partial charge in [0.05, 0.1) is 5.41 Å². The number of hydrogen-bond acceptors (Lipinski definition) is 1. The van der Waals surface area contributed by atoms with Crippen molar-refractivity contribution in [3.63, 3.8) is 0 Å². The van der Waals surface area contributed by atoms with E-state index in [1.54, 1.807) is 0 Å². The summed E-state index contributed by atoms with van der Waals surface area (Å²) in [7, 11) is 4.47. The minimum Gasteiger partial charge on any atom is -0.347 e. The Kier molecular flexibility index (Phi) is 6.81. The minimum atomic E-state index is -0.0655. The maximum atomic E-state index is 2.44. The van der Waals surface area contributed by atoms with Crippen LogP contribution in [0.25, 0.3) is 21.5 Å². The van der Waals surface area contributed by atoms with Crippen molar-refractivity contribution in [2.45, 2.75) is 71.1 Å². The summed E-state index contributed by atoms with van der Waals surface area (Å²) in [5.41, 5.74) is 12.6. The van der Waals surface area contributed by atoms with Gasteiger partial charge in [0.1, 0.15) is 7.05 Å². The molecule has 0 unspecified atom stereocenters. The molecule has 0 fully saturated rings. The number of fused-ring (bicyclic) bond motifs is 6. The molecule has 7 rings (SSSR count). The van der Waals surface area contributed by atoms with Crippen LogP contribution in [0, 0.1) is 0 Å². The van der Waals surface area contributed by atoms with Gasteiger partial charge in [-0.1, -0.05) is 87.5 Å². The van der Waals surface area contributed by atoms with Crippen LogP contribution in [-0.2, 0) is 10.8 Å². The molecule has 1 aliphatic carbocycles. The lowest BCUT2D eigenvalue weighted by atomic mass is 9.78. The molecule has 2 heteroatoms. The molecule has 3 aliphatic rings. The van der Waals surface area contributed by atoms with Gasteiger partial charge in [-0.25, -0.2) is 0 Å². The molecule has 0 bridgehead atoms. The third kappa shape index (κ3) is 4.25. The normalized spacial score (nSPS) is 21.0. The topological polar surface area (TPSA) is 6.25 Å². The van der Waals surface area contributed by atoms with Gasteiger partial charge in [-0.05, 0) is 102 Å². The van der Waals surface area contributed by atoms with E-state index in [2.05, 4.69) is 155 Å². The zero-order valence-corrected chi connectivity index (χ0v) is 27.5. The van der Waals surface area contributed by atoms with Crippen molar-refractivity contribution in [3.05, 3.63) is 131 Å². The molecular weight excluding hydrogens is 532 g/mol. The molecule has 4 aromatic carbocycles. The summed E-state index contributed by atoms with van der Waals surface area (Å²) in [5, 5.41) is 5.36. The fourth-order valence-corrected chi connectivity index (χ4v) is 8.55. The first-order valence-corrected chi connectivity index (χ1v) is 16.4. The molecule has 2 nitrogen and oxygen atoms in total. The standard InChI is InChI=1S/C42H45N2/c1-8-32-28(22-26-37-41(2,3)39-33-18-11-9-14-30(33)20-24-35(39)43(37)6)16-13-17-29(32)23-27-38-42(4,5)40-34-19-12-10-15-31(34)21-25-36(40)44(38)7/h9-12,14-15,18-27H,8,13,16-17H2,1-7H3/q+1. The predicted molar refractivity (Wildman–Crippen MR) is 190 cm³/mol. The van der Waals surface area contributed by atoms with E-state index in [4.69, 9.17) is 0 Å². The highest BCUT2D eigenvalue weighted by molar-refractivity contribution is 6.07. The first kappa shape index (κ1) is 28.6. The molecule has 2 heterocycles. The average Bonchev–Trinajstić information content (AvgIpc) is 3.35. The molecule has 2 aliphatic heterocycles. The average molecular weight is 578 g/mol. The van der Waals surface area contributed by atoms with E-state index in [1.165, 1.54) is 78.6 Å². The molecule has 4 aromatic rings. The molecule has 0 atom stereocenters. The maximum Gasteiger partial charge on any atom is 0.210 e. The summed E-state index contributed by atoms with van der Waals surface area (Å²) < 4.78 is 2.41. The monoisotopic (exact) mass is 577 g/mol. The zero-order valence-electron chi connectivity index (χ0n) is 27.5. The Hall–Kier alpha value is -4.17. The van der Waals surface area contributed by atoms with Crippen molar-refractivity contribution in [1.29, 1.82) is 0 Å². The van der Waals surface area contributed by atoms with Gasteiger partial charge in [-0.2, -0.15) is 4.58 Å². The summed E-state index contributed by atoms with van der Waals surface area (Å²) in [6, 6.07) is 26.8. The van der Waals surface area contributed by atoms with Gasteiger partial charge in [0, 0.05) is 41.6 Å². The van der Waals surface area contributed by atoms with Gasteiger partial charge >= 0.3 is 0 Å². The van der Waals surface area contributed by atoms with Crippen molar-refractivity contribution < 1.29 is 4.58 Å². The van der Waals surface area contributed by atoms with E-state index < -0.39 is 0 Å². The fourth-order valence-electron chi connectivity index (χ4n) is 8.55. The zero-order chi connectivity index (χ0) is 30.8.